The molecular formula is C18H30N2O3. The van der Waals surface area contributed by atoms with Crippen LogP contribution in [-0.4, -0.2) is 31.9 Å². The molecular weight excluding hydrogens is 292 g/mol. The number of alkyl carbamates (subject to hydrolysis) is 1. The van der Waals surface area contributed by atoms with Crippen LogP contribution >= 0.6 is 0 Å². The molecule has 0 saturated carbocycles. The molecule has 1 unspecified atom stereocenters. The largest absolute Gasteiger partial charge is 0.497 e. The summed E-state index contributed by atoms with van der Waals surface area (Å²) in [6.07, 6.45) is -0.368. The van der Waals surface area contributed by atoms with Crippen molar-refractivity contribution in [2.45, 2.75) is 40.2 Å². The maximum Gasteiger partial charge on any atom is 0.407 e. The van der Waals surface area contributed by atoms with Crippen molar-refractivity contribution in [3.05, 3.63) is 24.3 Å². The van der Waals surface area contributed by atoms with E-state index in [4.69, 9.17) is 9.47 Å². The molecule has 1 amide bonds. The lowest BCUT2D eigenvalue weighted by Gasteiger charge is -2.24. The first-order valence-corrected chi connectivity index (χ1v) is 8.06. The number of hydrogen-bond donors (Lipinski definition) is 2. The van der Waals surface area contributed by atoms with E-state index in [9.17, 15) is 4.79 Å². The summed E-state index contributed by atoms with van der Waals surface area (Å²) in [5.74, 6) is 1.59. The van der Waals surface area contributed by atoms with Gasteiger partial charge in [0, 0.05) is 18.8 Å². The molecule has 0 radical (unpaired) electrons. The molecule has 1 aromatic rings. The summed E-state index contributed by atoms with van der Waals surface area (Å²) in [4.78, 5) is 11.8. The molecule has 0 fully saturated rings. The quantitative estimate of drug-likeness (QED) is 0.799. The molecule has 5 nitrogen and oxygen atoms in total. The number of rotatable bonds is 7. The van der Waals surface area contributed by atoms with Crippen molar-refractivity contribution in [1.82, 2.24) is 5.32 Å². The number of nitrogens with one attached hydrogen (secondary N) is 2. The second-order valence-corrected chi connectivity index (χ2v) is 7.00. The standard InChI is InChI=1S/C18H30N2O3/c1-13(2)14(12-20-17(21)23-18(3,4)5)11-19-15-7-9-16(22-6)10-8-15/h7-10,13-14,19H,11-12H2,1-6H3,(H,20,21). The molecule has 1 rings (SSSR count). The fourth-order valence-corrected chi connectivity index (χ4v) is 2.03. The number of anilines is 1. The topological polar surface area (TPSA) is 59.6 Å². The Morgan fingerprint density at radius 1 is 1.13 bits per heavy atom. The van der Waals surface area contributed by atoms with Crippen LogP contribution in [0, 0.1) is 11.8 Å². The van der Waals surface area contributed by atoms with Crippen LogP contribution in [-0.2, 0) is 4.74 Å². The fourth-order valence-electron chi connectivity index (χ4n) is 2.03. The van der Waals surface area contributed by atoms with Crippen LogP contribution < -0.4 is 15.4 Å². The van der Waals surface area contributed by atoms with Crippen LogP contribution in [0.25, 0.3) is 0 Å². The Bertz CT molecular complexity index is 478. The van der Waals surface area contributed by atoms with Gasteiger partial charge in [0.25, 0.3) is 0 Å². The van der Waals surface area contributed by atoms with Crippen molar-refractivity contribution in [3.8, 4) is 5.75 Å². The maximum absolute atomic E-state index is 11.8. The van der Waals surface area contributed by atoms with E-state index in [2.05, 4.69) is 24.5 Å². The lowest BCUT2D eigenvalue weighted by atomic mass is 9.95. The summed E-state index contributed by atoms with van der Waals surface area (Å²) in [7, 11) is 1.65. The molecule has 130 valence electrons. The molecule has 0 heterocycles. The zero-order chi connectivity index (χ0) is 17.5. The number of benzene rings is 1. The first-order chi connectivity index (χ1) is 10.7. The average Bonchev–Trinajstić information content (AvgIpc) is 2.45. The van der Waals surface area contributed by atoms with Gasteiger partial charge in [-0.1, -0.05) is 13.8 Å². The number of hydrogen-bond acceptors (Lipinski definition) is 4. The first-order valence-electron chi connectivity index (χ1n) is 8.06. The Morgan fingerprint density at radius 2 is 1.74 bits per heavy atom. The summed E-state index contributed by atoms with van der Waals surface area (Å²) in [6.45, 7) is 11.2. The van der Waals surface area contributed by atoms with Gasteiger partial charge in [-0.2, -0.15) is 0 Å². The number of carbonyl (C=O) groups excluding carboxylic acids is 1. The van der Waals surface area contributed by atoms with Crippen molar-refractivity contribution in [3.63, 3.8) is 0 Å². The SMILES string of the molecule is COc1ccc(NCC(CNC(=O)OC(C)(C)C)C(C)C)cc1. The minimum Gasteiger partial charge on any atom is -0.497 e. The van der Waals surface area contributed by atoms with Crippen molar-refractivity contribution >= 4 is 11.8 Å². The molecule has 23 heavy (non-hydrogen) atoms. The van der Waals surface area contributed by atoms with Gasteiger partial charge in [0.05, 0.1) is 7.11 Å². The minimum atomic E-state index is -0.473. The smallest absolute Gasteiger partial charge is 0.407 e. The van der Waals surface area contributed by atoms with E-state index in [1.54, 1.807) is 7.11 Å². The van der Waals surface area contributed by atoms with E-state index in [1.165, 1.54) is 0 Å². The lowest BCUT2D eigenvalue weighted by Crippen LogP contribution is -2.38. The second-order valence-electron chi connectivity index (χ2n) is 7.00. The van der Waals surface area contributed by atoms with E-state index < -0.39 is 5.60 Å². The molecule has 1 aromatic carbocycles. The van der Waals surface area contributed by atoms with Crippen molar-refractivity contribution in [1.29, 1.82) is 0 Å². The van der Waals surface area contributed by atoms with E-state index in [-0.39, 0.29) is 6.09 Å². The van der Waals surface area contributed by atoms with Gasteiger partial charge in [0.1, 0.15) is 11.4 Å². The van der Waals surface area contributed by atoms with Crippen molar-refractivity contribution in [2.75, 3.05) is 25.5 Å². The second kappa shape index (κ2) is 8.65. The molecule has 1 atom stereocenters. The Hall–Kier alpha value is -1.91. The average molecular weight is 322 g/mol. The summed E-state index contributed by atoms with van der Waals surface area (Å²) < 4.78 is 10.4. The Balaban J connectivity index is 2.47. The predicted molar refractivity (Wildman–Crippen MR) is 94.0 cm³/mol. The molecule has 0 saturated heterocycles. The Kier molecular flexibility index (Phi) is 7.20. The Labute approximate surface area is 139 Å². The highest BCUT2D eigenvalue weighted by atomic mass is 16.6. The van der Waals surface area contributed by atoms with E-state index in [0.717, 1.165) is 18.0 Å². The van der Waals surface area contributed by atoms with E-state index in [0.29, 0.717) is 18.4 Å². The zero-order valence-corrected chi connectivity index (χ0v) is 15.1. The summed E-state index contributed by atoms with van der Waals surface area (Å²) >= 11 is 0. The van der Waals surface area contributed by atoms with Gasteiger partial charge >= 0.3 is 6.09 Å². The third-order valence-electron chi connectivity index (χ3n) is 3.51. The number of carbonyl (C=O) groups is 1. The molecule has 0 aliphatic rings. The highest BCUT2D eigenvalue weighted by Crippen LogP contribution is 2.17. The van der Waals surface area contributed by atoms with Gasteiger partial charge < -0.3 is 20.1 Å². The summed E-state index contributed by atoms with van der Waals surface area (Å²) in [5, 5.41) is 6.26. The van der Waals surface area contributed by atoms with Gasteiger partial charge in [-0.25, -0.2) is 4.79 Å². The zero-order valence-electron chi connectivity index (χ0n) is 15.1. The summed E-state index contributed by atoms with van der Waals surface area (Å²) in [5.41, 5.74) is 0.562. The van der Waals surface area contributed by atoms with Crippen molar-refractivity contribution in [2.24, 2.45) is 11.8 Å². The van der Waals surface area contributed by atoms with Gasteiger partial charge in [-0.3, -0.25) is 0 Å². The van der Waals surface area contributed by atoms with Crippen LogP contribution in [0.4, 0.5) is 10.5 Å². The third-order valence-corrected chi connectivity index (χ3v) is 3.51. The highest BCUT2D eigenvalue weighted by Gasteiger charge is 2.19. The lowest BCUT2D eigenvalue weighted by molar-refractivity contribution is 0.0516. The summed E-state index contributed by atoms with van der Waals surface area (Å²) in [6, 6.07) is 7.81. The molecule has 5 heteroatoms. The number of amides is 1. The van der Waals surface area contributed by atoms with Gasteiger partial charge in [0.15, 0.2) is 0 Å². The highest BCUT2D eigenvalue weighted by molar-refractivity contribution is 5.67. The molecule has 0 aliphatic carbocycles. The van der Waals surface area contributed by atoms with Crippen LogP contribution in [0.3, 0.4) is 0 Å². The van der Waals surface area contributed by atoms with Crippen molar-refractivity contribution < 1.29 is 14.3 Å². The number of methoxy groups -OCH3 is 1. The van der Waals surface area contributed by atoms with Gasteiger partial charge in [-0.05, 0) is 56.9 Å². The monoisotopic (exact) mass is 322 g/mol. The van der Waals surface area contributed by atoms with E-state index >= 15 is 0 Å². The van der Waals surface area contributed by atoms with Crippen LogP contribution in [0.2, 0.25) is 0 Å². The van der Waals surface area contributed by atoms with E-state index in [1.807, 2.05) is 45.0 Å². The Morgan fingerprint density at radius 3 is 2.22 bits per heavy atom. The molecule has 0 spiro atoms. The normalized spacial score (nSPS) is 12.7. The minimum absolute atomic E-state index is 0.310. The molecule has 0 aliphatic heterocycles. The van der Waals surface area contributed by atoms with Crippen LogP contribution in [0.15, 0.2) is 24.3 Å². The molecule has 0 bridgehead atoms. The number of ether oxygens (including phenoxy) is 2. The van der Waals surface area contributed by atoms with Gasteiger partial charge in [0.2, 0.25) is 0 Å². The van der Waals surface area contributed by atoms with Crippen LogP contribution in [0.1, 0.15) is 34.6 Å². The third kappa shape index (κ3) is 7.77. The maximum atomic E-state index is 11.8. The molecule has 2 N–H and O–H groups in total. The van der Waals surface area contributed by atoms with Gasteiger partial charge in [-0.15, -0.1) is 0 Å². The molecule has 0 aromatic heterocycles. The fraction of sp³-hybridized carbons (Fsp3) is 0.611. The predicted octanol–water partition coefficient (Wildman–Crippen LogP) is 3.90. The van der Waals surface area contributed by atoms with Crippen LogP contribution in [0.5, 0.6) is 5.75 Å². The first kappa shape index (κ1) is 19.1.